The number of rotatable bonds is 2. The number of halogens is 4. The second-order valence-electron chi connectivity index (χ2n) is 5.56. The first-order valence-corrected chi connectivity index (χ1v) is 9.12. The fraction of sp³-hybridized carbons (Fsp3) is 0.400. The van der Waals surface area contributed by atoms with Crippen molar-refractivity contribution in [3.05, 3.63) is 38.4 Å². The Morgan fingerprint density at radius 2 is 1.88 bits per heavy atom. The zero-order chi connectivity index (χ0) is 18.2. The number of aryl methyl sites for hydroxylation is 1. The van der Waals surface area contributed by atoms with E-state index in [0.717, 1.165) is 10.5 Å². The fourth-order valence-corrected chi connectivity index (χ4v) is 3.97. The molecule has 10 heteroatoms. The van der Waals surface area contributed by atoms with E-state index in [9.17, 15) is 18.0 Å². The fourth-order valence-electron chi connectivity index (χ4n) is 2.58. The molecular formula is C15H14BrF3N4OS. The molecule has 3 heterocycles. The van der Waals surface area contributed by atoms with Crippen LogP contribution in [0.3, 0.4) is 0 Å². The molecule has 0 spiro atoms. The molecule has 1 amide bonds. The van der Waals surface area contributed by atoms with Crippen molar-refractivity contribution in [1.82, 2.24) is 14.9 Å². The summed E-state index contributed by atoms with van der Waals surface area (Å²) in [5.41, 5.74) is -0.947. The molecule has 0 saturated carbocycles. The normalized spacial score (nSPS) is 15.6. The van der Waals surface area contributed by atoms with Crippen LogP contribution >= 0.6 is 27.3 Å². The Morgan fingerprint density at radius 3 is 2.44 bits per heavy atom. The summed E-state index contributed by atoms with van der Waals surface area (Å²) in [5, 5.41) is 1.84. The van der Waals surface area contributed by atoms with Gasteiger partial charge in [0.1, 0.15) is 17.3 Å². The zero-order valence-electron chi connectivity index (χ0n) is 13.2. The summed E-state index contributed by atoms with van der Waals surface area (Å²) in [6.07, 6.45) is -4.51. The van der Waals surface area contributed by atoms with E-state index < -0.39 is 11.9 Å². The first-order chi connectivity index (χ1) is 11.7. The van der Waals surface area contributed by atoms with Crippen molar-refractivity contribution < 1.29 is 18.0 Å². The zero-order valence-corrected chi connectivity index (χ0v) is 15.6. The van der Waals surface area contributed by atoms with Crippen LogP contribution < -0.4 is 4.90 Å². The van der Waals surface area contributed by atoms with Crippen LogP contribution in [0.2, 0.25) is 0 Å². The Bertz CT molecular complexity index is 787. The summed E-state index contributed by atoms with van der Waals surface area (Å²) in [6.45, 7) is 3.14. The molecular weight excluding hydrogens is 421 g/mol. The predicted molar refractivity (Wildman–Crippen MR) is 91.9 cm³/mol. The maximum absolute atomic E-state index is 12.9. The molecule has 134 valence electrons. The minimum Gasteiger partial charge on any atom is -0.353 e. The van der Waals surface area contributed by atoms with Crippen molar-refractivity contribution in [3.63, 3.8) is 0 Å². The lowest BCUT2D eigenvalue weighted by Gasteiger charge is -2.35. The van der Waals surface area contributed by atoms with Crippen molar-refractivity contribution in [2.75, 3.05) is 31.1 Å². The van der Waals surface area contributed by atoms with Crippen LogP contribution in [-0.4, -0.2) is 47.0 Å². The van der Waals surface area contributed by atoms with Crippen LogP contribution in [0, 0.1) is 6.92 Å². The molecule has 5 nitrogen and oxygen atoms in total. The number of hydrogen-bond acceptors (Lipinski definition) is 5. The van der Waals surface area contributed by atoms with Gasteiger partial charge >= 0.3 is 6.18 Å². The van der Waals surface area contributed by atoms with Crippen molar-refractivity contribution in [2.24, 2.45) is 0 Å². The topological polar surface area (TPSA) is 49.3 Å². The number of carbonyl (C=O) groups is 1. The first-order valence-electron chi connectivity index (χ1n) is 7.45. The van der Waals surface area contributed by atoms with Gasteiger partial charge in [0.25, 0.3) is 5.91 Å². The van der Waals surface area contributed by atoms with E-state index in [1.165, 1.54) is 18.3 Å². The Kier molecular flexibility index (Phi) is 5.01. The maximum atomic E-state index is 12.9. The van der Waals surface area contributed by atoms with E-state index in [4.69, 9.17) is 0 Å². The summed E-state index contributed by atoms with van der Waals surface area (Å²) in [4.78, 5) is 24.1. The summed E-state index contributed by atoms with van der Waals surface area (Å²) < 4.78 is 39.6. The quantitative estimate of drug-likeness (QED) is 0.724. The third-order valence-electron chi connectivity index (χ3n) is 3.78. The molecule has 0 radical (unpaired) electrons. The van der Waals surface area contributed by atoms with Gasteiger partial charge in [0.05, 0.1) is 4.88 Å². The summed E-state index contributed by atoms with van der Waals surface area (Å²) in [6, 6.07) is 2.73. The monoisotopic (exact) mass is 434 g/mol. The van der Waals surface area contributed by atoms with Crippen LogP contribution in [0.25, 0.3) is 0 Å². The smallest absolute Gasteiger partial charge is 0.353 e. The van der Waals surface area contributed by atoms with Crippen molar-refractivity contribution in [2.45, 2.75) is 13.1 Å². The molecule has 1 saturated heterocycles. The van der Waals surface area contributed by atoms with Gasteiger partial charge in [-0.2, -0.15) is 13.2 Å². The highest BCUT2D eigenvalue weighted by atomic mass is 79.9. The third-order valence-corrected chi connectivity index (χ3v) is 5.46. The number of carbonyl (C=O) groups excluding carboxylic acids is 1. The number of anilines is 1. The van der Waals surface area contributed by atoms with Crippen LogP contribution in [0.15, 0.2) is 22.0 Å². The molecule has 2 aromatic heterocycles. The molecule has 0 aromatic carbocycles. The molecule has 0 unspecified atom stereocenters. The molecule has 1 fully saturated rings. The Hall–Kier alpha value is -1.68. The van der Waals surface area contributed by atoms with Gasteiger partial charge in [-0.25, -0.2) is 9.97 Å². The van der Waals surface area contributed by atoms with Crippen molar-refractivity contribution >= 4 is 39.0 Å². The summed E-state index contributed by atoms with van der Waals surface area (Å²) in [7, 11) is 0. The molecule has 0 bridgehead atoms. The third kappa shape index (κ3) is 4.12. The van der Waals surface area contributed by atoms with E-state index in [1.54, 1.807) is 15.9 Å². The van der Waals surface area contributed by atoms with Crippen molar-refractivity contribution in [1.29, 1.82) is 0 Å². The second-order valence-corrected chi connectivity index (χ2v) is 7.39. The Morgan fingerprint density at radius 1 is 1.20 bits per heavy atom. The van der Waals surface area contributed by atoms with Gasteiger partial charge in [0.2, 0.25) is 0 Å². The standard InChI is InChI=1S/C15H14BrF3N4OS/c1-9-20-12(15(17,18)19)7-13(21-9)22-2-4-23(5-3-22)14(24)11-6-10(16)8-25-11/h6-8H,2-5H2,1H3. The molecule has 3 rings (SSSR count). The SMILES string of the molecule is Cc1nc(N2CCN(C(=O)c3cc(Br)cs3)CC2)cc(C(F)(F)F)n1. The molecule has 1 aliphatic rings. The number of piperazine rings is 1. The number of amides is 1. The van der Waals surface area contributed by atoms with Crippen LogP contribution in [-0.2, 0) is 6.18 Å². The van der Waals surface area contributed by atoms with E-state index in [-0.39, 0.29) is 17.5 Å². The molecule has 0 atom stereocenters. The average Bonchev–Trinajstić information content (AvgIpc) is 2.99. The van der Waals surface area contributed by atoms with Crippen LogP contribution in [0.4, 0.5) is 19.0 Å². The van der Waals surface area contributed by atoms with Crippen molar-refractivity contribution in [3.8, 4) is 0 Å². The van der Waals surface area contributed by atoms with Gasteiger partial charge in [0, 0.05) is 42.1 Å². The molecule has 2 aromatic rings. The predicted octanol–water partition coefficient (Wildman–Crippen LogP) is 3.59. The van der Waals surface area contributed by atoms with E-state index in [0.29, 0.717) is 31.1 Å². The minimum absolute atomic E-state index is 0.0646. The largest absolute Gasteiger partial charge is 0.433 e. The van der Waals surface area contributed by atoms with E-state index >= 15 is 0 Å². The lowest BCUT2D eigenvalue weighted by atomic mass is 10.2. The Balaban J connectivity index is 1.70. The number of nitrogens with zero attached hydrogens (tertiary/aromatic N) is 4. The van der Waals surface area contributed by atoms with Crippen LogP contribution in [0.5, 0.6) is 0 Å². The van der Waals surface area contributed by atoms with E-state index in [2.05, 4.69) is 25.9 Å². The number of aromatic nitrogens is 2. The number of thiophene rings is 1. The number of hydrogen-bond donors (Lipinski definition) is 0. The minimum atomic E-state index is -4.51. The van der Waals surface area contributed by atoms with Gasteiger partial charge in [-0.1, -0.05) is 0 Å². The Labute approximate surface area is 154 Å². The molecule has 0 N–H and O–H groups in total. The first kappa shape index (κ1) is 18.1. The average molecular weight is 435 g/mol. The van der Waals surface area contributed by atoms with Crippen LogP contribution in [0.1, 0.15) is 21.2 Å². The van der Waals surface area contributed by atoms with E-state index in [1.807, 2.05) is 5.38 Å². The highest BCUT2D eigenvalue weighted by Crippen LogP contribution is 2.30. The lowest BCUT2D eigenvalue weighted by Crippen LogP contribution is -2.49. The highest BCUT2D eigenvalue weighted by molar-refractivity contribution is 9.10. The van der Waals surface area contributed by atoms with Gasteiger partial charge < -0.3 is 9.80 Å². The highest BCUT2D eigenvalue weighted by Gasteiger charge is 2.34. The van der Waals surface area contributed by atoms with Gasteiger partial charge in [-0.3, -0.25) is 4.79 Å². The van der Waals surface area contributed by atoms with Gasteiger partial charge in [-0.15, -0.1) is 11.3 Å². The summed E-state index contributed by atoms with van der Waals surface area (Å²) in [5.74, 6) is 0.253. The molecule has 0 aliphatic carbocycles. The molecule has 1 aliphatic heterocycles. The lowest BCUT2D eigenvalue weighted by molar-refractivity contribution is -0.141. The van der Waals surface area contributed by atoms with Gasteiger partial charge in [0.15, 0.2) is 0 Å². The molecule has 25 heavy (non-hydrogen) atoms. The second kappa shape index (κ2) is 6.91. The number of alkyl halides is 3. The maximum Gasteiger partial charge on any atom is 0.433 e. The summed E-state index contributed by atoms with van der Waals surface area (Å²) >= 11 is 4.68. The van der Waals surface area contributed by atoms with Gasteiger partial charge in [-0.05, 0) is 28.9 Å².